The molecule has 2 bridgehead atoms. The Morgan fingerprint density at radius 3 is 2.43 bits per heavy atom. The molecule has 3 saturated heterocycles. The molecule has 1 aromatic heterocycles. The Labute approximate surface area is 165 Å². The van der Waals surface area contributed by atoms with Gasteiger partial charge in [0, 0.05) is 45.3 Å². The van der Waals surface area contributed by atoms with E-state index in [1.807, 2.05) is 41.8 Å². The van der Waals surface area contributed by atoms with Crippen molar-refractivity contribution < 1.29 is 9.59 Å². The lowest BCUT2D eigenvalue weighted by Gasteiger charge is -2.36. The number of carbonyl (C=O) groups is 2. The molecular weight excluding hydrogens is 354 g/mol. The van der Waals surface area contributed by atoms with Crippen molar-refractivity contribution in [1.29, 1.82) is 0 Å². The summed E-state index contributed by atoms with van der Waals surface area (Å²) in [7, 11) is 3.55. The summed E-state index contributed by atoms with van der Waals surface area (Å²) < 4.78 is 0. The van der Waals surface area contributed by atoms with Crippen LogP contribution in [-0.2, 0) is 0 Å². The number of amides is 3. The van der Waals surface area contributed by atoms with Gasteiger partial charge in [0.15, 0.2) is 0 Å². The number of hydrogen-bond acceptors (Lipinski definition) is 4. The van der Waals surface area contributed by atoms with E-state index in [1.54, 1.807) is 19.0 Å². The summed E-state index contributed by atoms with van der Waals surface area (Å²) in [5, 5.41) is 0. The Morgan fingerprint density at radius 1 is 1.00 bits per heavy atom. The first-order valence-corrected chi connectivity index (χ1v) is 9.85. The SMILES string of the molecule is Cc1nc2ccc(C(=O)N3C[C@@H]4CC[C@H]3CN(C(=O)N(C)C)C4)cc2nc1C. The summed E-state index contributed by atoms with van der Waals surface area (Å²) in [5.74, 6) is 0.354. The predicted octanol–water partition coefficient (Wildman–Crippen LogP) is 2.46. The highest BCUT2D eigenvalue weighted by molar-refractivity contribution is 5.97. The Hall–Kier alpha value is -2.70. The van der Waals surface area contributed by atoms with Gasteiger partial charge >= 0.3 is 6.03 Å². The molecule has 5 rings (SSSR count). The monoisotopic (exact) mass is 381 g/mol. The maximum Gasteiger partial charge on any atom is 0.319 e. The second-order valence-corrected chi connectivity index (χ2v) is 8.23. The van der Waals surface area contributed by atoms with Gasteiger partial charge in [-0.05, 0) is 50.8 Å². The van der Waals surface area contributed by atoms with Gasteiger partial charge in [-0.2, -0.15) is 0 Å². The molecule has 1 aromatic carbocycles. The molecule has 0 N–H and O–H groups in total. The molecule has 0 saturated carbocycles. The van der Waals surface area contributed by atoms with Crippen LogP contribution in [0.5, 0.6) is 0 Å². The van der Waals surface area contributed by atoms with E-state index < -0.39 is 0 Å². The Bertz CT molecular complexity index is 942. The molecule has 3 aliphatic heterocycles. The van der Waals surface area contributed by atoms with Gasteiger partial charge in [0.05, 0.1) is 22.4 Å². The average molecular weight is 381 g/mol. The third-order valence-electron chi connectivity index (χ3n) is 5.95. The van der Waals surface area contributed by atoms with E-state index in [1.165, 1.54) is 0 Å². The van der Waals surface area contributed by atoms with Crippen LogP contribution >= 0.6 is 0 Å². The molecule has 0 spiro atoms. The topological polar surface area (TPSA) is 69.6 Å². The summed E-state index contributed by atoms with van der Waals surface area (Å²) in [6, 6.07) is 5.66. The summed E-state index contributed by atoms with van der Waals surface area (Å²) in [5.41, 5.74) is 3.98. The second-order valence-electron chi connectivity index (χ2n) is 8.23. The molecule has 0 radical (unpaired) electrons. The van der Waals surface area contributed by atoms with Gasteiger partial charge in [0.25, 0.3) is 5.91 Å². The van der Waals surface area contributed by atoms with Crippen molar-refractivity contribution in [3.05, 3.63) is 35.2 Å². The fourth-order valence-corrected chi connectivity index (χ4v) is 4.30. The first-order chi connectivity index (χ1) is 13.3. The van der Waals surface area contributed by atoms with Gasteiger partial charge in [-0.1, -0.05) is 0 Å². The van der Waals surface area contributed by atoms with Gasteiger partial charge in [-0.15, -0.1) is 0 Å². The highest BCUT2D eigenvalue weighted by Gasteiger charge is 2.39. The summed E-state index contributed by atoms with van der Waals surface area (Å²) in [4.78, 5) is 40.4. The zero-order valence-electron chi connectivity index (χ0n) is 17.0. The van der Waals surface area contributed by atoms with Crippen LogP contribution in [0, 0.1) is 19.8 Å². The van der Waals surface area contributed by atoms with Crippen LogP contribution < -0.4 is 0 Å². The third-order valence-corrected chi connectivity index (χ3v) is 5.95. The number of nitrogens with zero attached hydrogens (tertiary/aromatic N) is 5. The number of piperidine rings is 1. The lowest BCUT2D eigenvalue weighted by molar-refractivity contribution is 0.0586. The quantitative estimate of drug-likeness (QED) is 0.761. The van der Waals surface area contributed by atoms with Crippen LogP contribution in [0.4, 0.5) is 4.79 Å². The Balaban J connectivity index is 1.60. The molecule has 2 atom stereocenters. The maximum atomic E-state index is 13.3. The van der Waals surface area contributed by atoms with Crippen LogP contribution in [0.15, 0.2) is 18.2 Å². The van der Waals surface area contributed by atoms with Crippen LogP contribution in [0.2, 0.25) is 0 Å². The highest BCUT2D eigenvalue weighted by Crippen LogP contribution is 2.30. The van der Waals surface area contributed by atoms with Crippen LogP contribution in [0.25, 0.3) is 11.0 Å². The molecule has 3 aliphatic rings. The Morgan fingerprint density at radius 2 is 1.71 bits per heavy atom. The molecule has 28 heavy (non-hydrogen) atoms. The lowest BCUT2D eigenvalue weighted by Crippen LogP contribution is -2.48. The average Bonchev–Trinajstić information content (AvgIpc) is 2.99. The molecule has 7 heteroatoms. The standard InChI is InChI=1S/C21H27N5O2/c1-13-14(2)23-19-9-16(6-8-18(19)22-13)20(27)26-11-15-5-7-17(26)12-25(10-15)21(28)24(3)4/h6,8-9,15,17H,5,7,10-12H2,1-4H3/t15-,17+/m1/s1. The van der Waals surface area contributed by atoms with E-state index in [0.29, 0.717) is 24.6 Å². The molecule has 0 unspecified atom stereocenters. The third kappa shape index (κ3) is 3.30. The summed E-state index contributed by atoms with van der Waals surface area (Å²) in [6.07, 6.45) is 2.01. The second kappa shape index (κ2) is 7.04. The van der Waals surface area contributed by atoms with Gasteiger partial charge in [-0.25, -0.2) is 14.8 Å². The first kappa shape index (κ1) is 18.7. The zero-order chi connectivity index (χ0) is 20.0. The number of hydrogen-bond donors (Lipinski definition) is 0. The fraction of sp³-hybridized carbons (Fsp3) is 0.524. The molecular formula is C21H27N5O2. The number of carbonyl (C=O) groups excluding carboxylic acids is 2. The largest absolute Gasteiger partial charge is 0.334 e. The minimum atomic E-state index is 0.0239. The number of aromatic nitrogens is 2. The van der Waals surface area contributed by atoms with Crippen LogP contribution in [0.3, 0.4) is 0 Å². The number of benzene rings is 1. The van der Waals surface area contributed by atoms with E-state index in [9.17, 15) is 9.59 Å². The molecule has 148 valence electrons. The van der Waals surface area contributed by atoms with E-state index >= 15 is 0 Å². The molecule has 2 aromatic rings. The van der Waals surface area contributed by atoms with Crippen molar-refractivity contribution in [3.8, 4) is 0 Å². The number of rotatable bonds is 1. The highest BCUT2D eigenvalue weighted by atomic mass is 16.2. The normalized spacial score (nSPS) is 21.7. The molecule has 3 amide bonds. The fourth-order valence-electron chi connectivity index (χ4n) is 4.30. The van der Waals surface area contributed by atoms with Crippen molar-refractivity contribution in [2.75, 3.05) is 33.7 Å². The predicted molar refractivity (Wildman–Crippen MR) is 107 cm³/mol. The van der Waals surface area contributed by atoms with E-state index in [-0.39, 0.29) is 18.0 Å². The van der Waals surface area contributed by atoms with E-state index in [0.717, 1.165) is 41.8 Å². The van der Waals surface area contributed by atoms with Crippen LogP contribution in [0.1, 0.15) is 34.6 Å². The number of fused-ring (bicyclic) bond motifs is 5. The summed E-state index contributed by atoms with van der Waals surface area (Å²) in [6.45, 7) is 5.90. The zero-order valence-corrected chi connectivity index (χ0v) is 17.0. The molecule has 4 heterocycles. The van der Waals surface area contributed by atoms with E-state index in [4.69, 9.17) is 0 Å². The van der Waals surface area contributed by atoms with Crippen molar-refractivity contribution in [1.82, 2.24) is 24.7 Å². The van der Waals surface area contributed by atoms with E-state index in [2.05, 4.69) is 9.97 Å². The number of aryl methyl sites for hydroxylation is 2. The van der Waals surface area contributed by atoms with Crippen molar-refractivity contribution in [3.63, 3.8) is 0 Å². The van der Waals surface area contributed by atoms with Crippen molar-refractivity contribution in [2.24, 2.45) is 5.92 Å². The van der Waals surface area contributed by atoms with Crippen molar-refractivity contribution >= 4 is 23.0 Å². The lowest BCUT2D eigenvalue weighted by atomic mass is 9.94. The first-order valence-electron chi connectivity index (χ1n) is 9.85. The van der Waals surface area contributed by atoms with Gasteiger partial charge in [0.1, 0.15) is 0 Å². The van der Waals surface area contributed by atoms with Gasteiger partial charge in [0.2, 0.25) is 0 Å². The Kier molecular flexibility index (Phi) is 4.69. The summed E-state index contributed by atoms with van der Waals surface area (Å²) >= 11 is 0. The maximum absolute atomic E-state index is 13.3. The number of urea groups is 1. The van der Waals surface area contributed by atoms with Crippen LogP contribution in [-0.4, -0.2) is 76.4 Å². The van der Waals surface area contributed by atoms with Gasteiger partial charge in [-0.3, -0.25) is 4.79 Å². The van der Waals surface area contributed by atoms with Crippen molar-refractivity contribution in [2.45, 2.75) is 32.7 Å². The minimum Gasteiger partial charge on any atom is -0.334 e. The van der Waals surface area contributed by atoms with Gasteiger partial charge < -0.3 is 14.7 Å². The minimum absolute atomic E-state index is 0.0239. The smallest absolute Gasteiger partial charge is 0.319 e. The molecule has 7 nitrogen and oxygen atoms in total. The molecule has 0 aliphatic carbocycles. The molecule has 3 fully saturated rings.